The number of ether oxygens (including phenoxy) is 1. The summed E-state index contributed by atoms with van der Waals surface area (Å²) >= 11 is 0. The van der Waals surface area contributed by atoms with Gasteiger partial charge >= 0.3 is 0 Å². The van der Waals surface area contributed by atoms with Crippen molar-refractivity contribution in [2.45, 2.75) is 25.7 Å². The molecular weight excluding hydrogens is 236 g/mol. The molecule has 2 aromatic rings. The van der Waals surface area contributed by atoms with Gasteiger partial charge in [-0.05, 0) is 50.6 Å². The van der Waals surface area contributed by atoms with E-state index in [9.17, 15) is 0 Å². The molecule has 1 aliphatic rings. The average Bonchev–Trinajstić information content (AvgIpc) is 2.71. The SMILES string of the molecule is COc1ccc2c(C)c(C3CCNCC3)n(C)c2c1. The van der Waals surface area contributed by atoms with Gasteiger partial charge in [0.05, 0.1) is 12.6 Å². The van der Waals surface area contributed by atoms with Crippen LogP contribution in [0.2, 0.25) is 0 Å². The fraction of sp³-hybridized carbons (Fsp3) is 0.500. The van der Waals surface area contributed by atoms with Gasteiger partial charge in [-0.25, -0.2) is 0 Å². The van der Waals surface area contributed by atoms with Gasteiger partial charge < -0.3 is 14.6 Å². The van der Waals surface area contributed by atoms with Crippen LogP contribution < -0.4 is 10.1 Å². The van der Waals surface area contributed by atoms with E-state index in [0.29, 0.717) is 5.92 Å². The standard InChI is InChI=1S/C16H22N2O/c1-11-14-5-4-13(19-3)10-15(14)18(2)16(11)12-6-8-17-9-7-12/h4-5,10,12,17H,6-9H2,1-3H3. The van der Waals surface area contributed by atoms with Gasteiger partial charge in [0, 0.05) is 30.1 Å². The van der Waals surface area contributed by atoms with E-state index in [-0.39, 0.29) is 0 Å². The number of aryl methyl sites for hydroxylation is 2. The van der Waals surface area contributed by atoms with E-state index < -0.39 is 0 Å². The van der Waals surface area contributed by atoms with Crippen molar-refractivity contribution in [2.24, 2.45) is 7.05 Å². The Morgan fingerprint density at radius 2 is 2.00 bits per heavy atom. The van der Waals surface area contributed by atoms with Crippen LogP contribution in [0.4, 0.5) is 0 Å². The molecule has 3 rings (SSSR count). The Balaban J connectivity index is 2.13. The molecule has 3 nitrogen and oxygen atoms in total. The van der Waals surface area contributed by atoms with Gasteiger partial charge in [0.2, 0.25) is 0 Å². The van der Waals surface area contributed by atoms with E-state index in [0.717, 1.165) is 18.8 Å². The third-order valence-corrected chi connectivity index (χ3v) is 4.44. The Bertz CT molecular complexity index is 594. The normalized spacial score (nSPS) is 17.0. The van der Waals surface area contributed by atoms with E-state index in [1.807, 2.05) is 0 Å². The molecule has 102 valence electrons. The molecule has 0 aliphatic carbocycles. The first kappa shape index (κ1) is 12.5. The molecule has 0 saturated carbocycles. The van der Waals surface area contributed by atoms with Crippen LogP contribution in [0, 0.1) is 6.92 Å². The van der Waals surface area contributed by atoms with Gasteiger partial charge in [0.1, 0.15) is 5.75 Å². The summed E-state index contributed by atoms with van der Waals surface area (Å²) in [4.78, 5) is 0. The van der Waals surface area contributed by atoms with Crippen molar-refractivity contribution >= 4 is 10.9 Å². The average molecular weight is 258 g/mol. The molecule has 2 heterocycles. The van der Waals surface area contributed by atoms with Crippen molar-refractivity contribution in [3.8, 4) is 5.75 Å². The van der Waals surface area contributed by atoms with Crippen LogP contribution in [-0.4, -0.2) is 24.8 Å². The minimum absolute atomic E-state index is 0.685. The molecule has 1 saturated heterocycles. The summed E-state index contributed by atoms with van der Waals surface area (Å²) in [5, 5.41) is 4.80. The van der Waals surface area contributed by atoms with E-state index in [1.54, 1.807) is 7.11 Å². The third kappa shape index (κ3) is 2.02. The van der Waals surface area contributed by atoms with Crippen LogP contribution in [-0.2, 0) is 7.05 Å². The highest BCUT2D eigenvalue weighted by atomic mass is 16.5. The van der Waals surface area contributed by atoms with E-state index >= 15 is 0 Å². The lowest BCUT2D eigenvalue weighted by atomic mass is 9.92. The van der Waals surface area contributed by atoms with Gasteiger partial charge in [0.25, 0.3) is 0 Å². The lowest BCUT2D eigenvalue weighted by molar-refractivity contribution is 0.415. The number of benzene rings is 1. The molecule has 1 aliphatic heterocycles. The van der Waals surface area contributed by atoms with Crippen molar-refractivity contribution < 1.29 is 4.74 Å². The molecule has 0 atom stereocenters. The fourth-order valence-electron chi connectivity index (χ4n) is 3.43. The molecule has 0 amide bonds. The van der Waals surface area contributed by atoms with Gasteiger partial charge in [-0.3, -0.25) is 0 Å². The minimum atomic E-state index is 0.685. The molecule has 3 heteroatoms. The number of fused-ring (bicyclic) bond motifs is 1. The molecule has 0 radical (unpaired) electrons. The molecule has 1 aromatic carbocycles. The first-order valence-corrected chi connectivity index (χ1v) is 7.06. The van der Waals surface area contributed by atoms with E-state index in [2.05, 4.69) is 42.1 Å². The molecule has 1 N–H and O–H groups in total. The Kier molecular flexibility index (Phi) is 3.23. The van der Waals surface area contributed by atoms with Crippen molar-refractivity contribution in [1.82, 2.24) is 9.88 Å². The Labute approximate surface area is 114 Å². The molecule has 1 aromatic heterocycles. The highest BCUT2D eigenvalue weighted by Crippen LogP contribution is 2.35. The number of aromatic nitrogens is 1. The highest BCUT2D eigenvalue weighted by molar-refractivity contribution is 5.86. The number of nitrogens with zero attached hydrogens (tertiary/aromatic N) is 1. The van der Waals surface area contributed by atoms with Gasteiger partial charge in [-0.2, -0.15) is 0 Å². The first-order valence-electron chi connectivity index (χ1n) is 7.06. The summed E-state index contributed by atoms with van der Waals surface area (Å²) in [6.07, 6.45) is 2.48. The van der Waals surface area contributed by atoms with Gasteiger partial charge in [-0.15, -0.1) is 0 Å². The molecule has 19 heavy (non-hydrogen) atoms. The second-order valence-electron chi connectivity index (χ2n) is 5.48. The quantitative estimate of drug-likeness (QED) is 0.896. The molecule has 0 bridgehead atoms. The molecule has 0 unspecified atom stereocenters. The topological polar surface area (TPSA) is 26.2 Å². The third-order valence-electron chi connectivity index (χ3n) is 4.44. The second-order valence-corrected chi connectivity index (χ2v) is 5.48. The van der Waals surface area contributed by atoms with Crippen LogP contribution >= 0.6 is 0 Å². The zero-order chi connectivity index (χ0) is 13.4. The fourth-order valence-corrected chi connectivity index (χ4v) is 3.43. The Morgan fingerprint density at radius 1 is 1.26 bits per heavy atom. The number of hydrogen-bond acceptors (Lipinski definition) is 2. The smallest absolute Gasteiger partial charge is 0.120 e. The maximum atomic E-state index is 5.35. The molecular formula is C16H22N2O. The van der Waals surface area contributed by atoms with Gasteiger partial charge in [0.15, 0.2) is 0 Å². The Hall–Kier alpha value is -1.48. The van der Waals surface area contributed by atoms with Crippen LogP contribution in [0.15, 0.2) is 18.2 Å². The maximum Gasteiger partial charge on any atom is 0.120 e. The van der Waals surface area contributed by atoms with Crippen LogP contribution in [0.3, 0.4) is 0 Å². The van der Waals surface area contributed by atoms with Crippen molar-refractivity contribution in [3.05, 3.63) is 29.5 Å². The number of methoxy groups -OCH3 is 1. The van der Waals surface area contributed by atoms with Crippen LogP contribution in [0.1, 0.15) is 30.0 Å². The first-order chi connectivity index (χ1) is 9.22. The van der Waals surface area contributed by atoms with E-state index in [1.165, 1.54) is 35.0 Å². The zero-order valence-corrected chi connectivity index (χ0v) is 12.0. The zero-order valence-electron chi connectivity index (χ0n) is 12.0. The van der Waals surface area contributed by atoms with E-state index in [4.69, 9.17) is 4.74 Å². The summed E-state index contributed by atoms with van der Waals surface area (Å²) in [6.45, 7) is 4.52. The summed E-state index contributed by atoms with van der Waals surface area (Å²) < 4.78 is 7.71. The summed E-state index contributed by atoms with van der Waals surface area (Å²) in [5.41, 5.74) is 4.22. The molecule has 0 spiro atoms. The number of nitrogens with one attached hydrogen (secondary N) is 1. The lowest BCUT2D eigenvalue weighted by Crippen LogP contribution is -2.27. The monoisotopic (exact) mass is 258 g/mol. The largest absolute Gasteiger partial charge is 0.497 e. The minimum Gasteiger partial charge on any atom is -0.497 e. The van der Waals surface area contributed by atoms with Crippen molar-refractivity contribution in [3.63, 3.8) is 0 Å². The summed E-state index contributed by atoms with van der Waals surface area (Å²) in [5.74, 6) is 1.62. The second kappa shape index (κ2) is 4.89. The molecule has 1 fully saturated rings. The van der Waals surface area contributed by atoms with Crippen LogP contribution in [0.25, 0.3) is 10.9 Å². The summed E-state index contributed by atoms with van der Waals surface area (Å²) in [7, 11) is 3.91. The highest BCUT2D eigenvalue weighted by Gasteiger charge is 2.22. The van der Waals surface area contributed by atoms with Crippen molar-refractivity contribution in [2.75, 3.05) is 20.2 Å². The predicted molar refractivity (Wildman–Crippen MR) is 79.1 cm³/mol. The number of hydrogen-bond donors (Lipinski definition) is 1. The maximum absolute atomic E-state index is 5.35. The predicted octanol–water partition coefficient (Wildman–Crippen LogP) is 2.96. The Morgan fingerprint density at radius 3 is 2.68 bits per heavy atom. The summed E-state index contributed by atoms with van der Waals surface area (Å²) in [6, 6.07) is 6.39. The van der Waals surface area contributed by atoms with Gasteiger partial charge in [-0.1, -0.05) is 0 Å². The lowest BCUT2D eigenvalue weighted by Gasteiger charge is -2.24. The number of piperidine rings is 1. The van der Waals surface area contributed by atoms with Crippen molar-refractivity contribution in [1.29, 1.82) is 0 Å². The van der Waals surface area contributed by atoms with Crippen LogP contribution in [0.5, 0.6) is 5.75 Å². The number of rotatable bonds is 2.